The number of sulfonamides is 1. The topological polar surface area (TPSA) is 102 Å². The number of anilines is 1. The van der Waals surface area contributed by atoms with Crippen LogP contribution in [0, 0.1) is 5.82 Å². The lowest BCUT2D eigenvalue weighted by Gasteiger charge is -2.25. The molecule has 0 amide bonds. The Hall–Kier alpha value is -2.85. The summed E-state index contributed by atoms with van der Waals surface area (Å²) in [5.41, 5.74) is 1.39. The Kier molecular flexibility index (Phi) is 5.78. The Labute approximate surface area is 174 Å². The first-order chi connectivity index (χ1) is 14.5. The maximum Gasteiger partial charge on any atom is 0.240 e. The highest BCUT2D eigenvalue weighted by atomic mass is 32.2. The lowest BCUT2D eigenvalue weighted by atomic mass is 9.95. The summed E-state index contributed by atoms with van der Waals surface area (Å²) in [4.78, 5) is 1.20. The first kappa shape index (κ1) is 20.4. The van der Waals surface area contributed by atoms with Crippen LogP contribution in [0.15, 0.2) is 47.4 Å². The van der Waals surface area contributed by atoms with Crippen molar-refractivity contribution in [2.24, 2.45) is 0 Å². The molecule has 0 bridgehead atoms. The predicted octanol–water partition coefficient (Wildman–Crippen LogP) is 3.12. The smallest absolute Gasteiger partial charge is 0.240 e. The van der Waals surface area contributed by atoms with Crippen molar-refractivity contribution in [3.05, 3.63) is 48.3 Å². The highest BCUT2D eigenvalue weighted by Crippen LogP contribution is 2.31. The van der Waals surface area contributed by atoms with Crippen LogP contribution in [0.2, 0.25) is 0 Å². The minimum Gasteiger partial charge on any atom is -0.382 e. The average Bonchev–Trinajstić information content (AvgIpc) is 3.25. The van der Waals surface area contributed by atoms with Gasteiger partial charge >= 0.3 is 0 Å². The SMILES string of the molecule is CNS(=O)(=O)c1ccc(NC2CCCCC2)c(-c2nnn(-c3ccccc3F)n2)c1. The van der Waals surface area contributed by atoms with E-state index in [1.807, 2.05) is 0 Å². The van der Waals surface area contributed by atoms with Gasteiger partial charge in [0.15, 0.2) is 5.82 Å². The maximum atomic E-state index is 14.1. The fourth-order valence-corrected chi connectivity index (χ4v) is 4.38. The number of aromatic nitrogens is 4. The summed E-state index contributed by atoms with van der Waals surface area (Å²) < 4.78 is 41.1. The molecule has 8 nitrogen and oxygen atoms in total. The summed E-state index contributed by atoms with van der Waals surface area (Å²) in [6.07, 6.45) is 5.63. The lowest BCUT2D eigenvalue weighted by Crippen LogP contribution is -2.23. The van der Waals surface area contributed by atoms with Crippen LogP contribution in [-0.2, 0) is 10.0 Å². The predicted molar refractivity (Wildman–Crippen MR) is 111 cm³/mol. The van der Waals surface area contributed by atoms with Gasteiger partial charge < -0.3 is 5.32 Å². The number of nitrogens with one attached hydrogen (secondary N) is 2. The normalized spacial score (nSPS) is 15.3. The van der Waals surface area contributed by atoms with Crippen LogP contribution in [-0.4, -0.2) is 41.7 Å². The van der Waals surface area contributed by atoms with Crippen LogP contribution in [0.3, 0.4) is 0 Å². The number of tetrazole rings is 1. The summed E-state index contributed by atoms with van der Waals surface area (Å²) in [6, 6.07) is 11.2. The second-order valence-corrected chi connectivity index (χ2v) is 9.13. The zero-order valence-corrected chi connectivity index (χ0v) is 17.4. The van der Waals surface area contributed by atoms with E-state index in [4.69, 9.17) is 0 Å². The van der Waals surface area contributed by atoms with E-state index in [0.717, 1.165) is 36.2 Å². The zero-order chi connectivity index (χ0) is 21.1. The van der Waals surface area contributed by atoms with Gasteiger partial charge in [0, 0.05) is 17.3 Å². The van der Waals surface area contributed by atoms with E-state index in [9.17, 15) is 12.8 Å². The van der Waals surface area contributed by atoms with Gasteiger partial charge in [0.2, 0.25) is 15.8 Å². The van der Waals surface area contributed by atoms with Crippen LogP contribution in [0.25, 0.3) is 17.1 Å². The van der Waals surface area contributed by atoms with E-state index in [1.54, 1.807) is 30.3 Å². The van der Waals surface area contributed by atoms with Crippen molar-refractivity contribution in [1.82, 2.24) is 24.9 Å². The second-order valence-electron chi connectivity index (χ2n) is 7.25. The van der Waals surface area contributed by atoms with Crippen LogP contribution in [0.4, 0.5) is 10.1 Å². The third-order valence-electron chi connectivity index (χ3n) is 5.26. The molecule has 1 aliphatic rings. The first-order valence-corrected chi connectivity index (χ1v) is 11.4. The monoisotopic (exact) mass is 430 g/mol. The molecule has 1 fully saturated rings. The van der Waals surface area contributed by atoms with Crippen molar-refractivity contribution in [1.29, 1.82) is 0 Å². The molecule has 0 atom stereocenters. The molecular formula is C20H23FN6O2S. The maximum absolute atomic E-state index is 14.1. The summed E-state index contributed by atoms with van der Waals surface area (Å²) >= 11 is 0. The number of halogens is 1. The van der Waals surface area contributed by atoms with Crippen molar-refractivity contribution >= 4 is 15.7 Å². The lowest BCUT2D eigenvalue weighted by molar-refractivity contribution is 0.463. The summed E-state index contributed by atoms with van der Waals surface area (Å²) in [6.45, 7) is 0. The van der Waals surface area contributed by atoms with Crippen LogP contribution in [0.5, 0.6) is 0 Å². The number of benzene rings is 2. The van der Waals surface area contributed by atoms with Gasteiger partial charge in [0.25, 0.3) is 0 Å². The number of para-hydroxylation sites is 1. The Morgan fingerprint density at radius 3 is 2.60 bits per heavy atom. The summed E-state index contributed by atoms with van der Waals surface area (Å²) in [7, 11) is -2.29. The molecule has 158 valence electrons. The van der Waals surface area contributed by atoms with E-state index in [1.165, 1.54) is 25.6 Å². The van der Waals surface area contributed by atoms with Crippen molar-refractivity contribution in [2.45, 2.75) is 43.0 Å². The number of hydrogen-bond acceptors (Lipinski definition) is 6. The molecule has 4 rings (SSSR count). The molecule has 1 aliphatic carbocycles. The molecule has 30 heavy (non-hydrogen) atoms. The standard InChI is InChI=1S/C20H23FN6O2S/c1-22-30(28,29)15-11-12-18(23-14-7-3-2-4-8-14)16(13-15)20-24-26-27(25-20)19-10-6-5-9-17(19)21/h5-6,9-14,22-23H,2-4,7-8H2,1H3. The van der Waals surface area contributed by atoms with Crippen LogP contribution >= 0.6 is 0 Å². The van der Waals surface area contributed by atoms with Gasteiger partial charge in [-0.05, 0) is 55.4 Å². The Morgan fingerprint density at radius 1 is 1.10 bits per heavy atom. The molecule has 0 unspecified atom stereocenters. The molecule has 1 heterocycles. The van der Waals surface area contributed by atoms with Crippen molar-refractivity contribution in [2.75, 3.05) is 12.4 Å². The van der Waals surface area contributed by atoms with Crippen molar-refractivity contribution in [3.63, 3.8) is 0 Å². The Bertz CT molecular complexity index is 1140. The molecule has 1 saturated carbocycles. The minimum absolute atomic E-state index is 0.0939. The molecule has 0 saturated heterocycles. The van der Waals surface area contributed by atoms with E-state index < -0.39 is 15.8 Å². The third kappa shape index (κ3) is 4.19. The van der Waals surface area contributed by atoms with Crippen LogP contribution in [0.1, 0.15) is 32.1 Å². The fourth-order valence-electron chi connectivity index (χ4n) is 3.62. The molecule has 1 aromatic heterocycles. The summed E-state index contributed by atoms with van der Waals surface area (Å²) in [5, 5.41) is 15.8. The molecule has 0 radical (unpaired) electrons. The highest BCUT2D eigenvalue weighted by molar-refractivity contribution is 7.89. The van der Waals surface area contributed by atoms with Gasteiger partial charge in [-0.25, -0.2) is 17.5 Å². The van der Waals surface area contributed by atoms with E-state index in [2.05, 4.69) is 25.4 Å². The van der Waals surface area contributed by atoms with E-state index in [-0.39, 0.29) is 16.4 Å². The number of rotatable bonds is 6. The molecule has 0 spiro atoms. The number of nitrogens with zero attached hydrogens (tertiary/aromatic N) is 4. The largest absolute Gasteiger partial charge is 0.382 e. The third-order valence-corrected chi connectivity index (χ3v) is 6.67. The van der Waals surface area contributed by atoms with Gasteiger partial charge in [0.05, 0.1) is 4.90 Å². The molecule has 0 aliphatic heterocycles. The molecular weight excluding hydrogens is 407 g/mol. The van der Waals surface area contributed by atoms with Crippen LogP contribution < -0.4 is 10.0 Å². The van der Waals surface area contributed by atoms with Gasteiger partial charge in [-0.2, -0.15) is 0 Å². The molecule has 10 heteroatoms. The van der Waals surface area contributed by atoms with Gasteiger partial charge in [-0.1, -0.05) is 31.4 Å². The van der Waals surface area contributed by atoms with Crippen molar-refractivity contribution < 1.29 is 12.8 Å². The summed E-state index contributed by atoms with van der Waals surface area (Å²) in [5.74, 6) is -0.266. The van der Waals surface area contributed by atoms with Crippen molar-refractivity contribution in [3.8, 4) is 17.1 Å². The van der Waals surface area contributed by atoms with Gasteiger partial charge in [0.1, 0.15) is 5.69 Å². The first-order valence-electron chi connectivity index (χ1n) is 9.87. The quantitative estimate of drug-likeness (QED) is 0.623. The number of hydrogen-bond donors (Lipinski definition) is 2. The van der Waals surface area contributed by atoms with Gasteiger partial charge in [-0.15, -0.1) is 15.0 Å². The second kappa shape index (κ2) is 8.49. The fraction of sp³-hybridized carbons (Fsp3) is 0.350. The van der Waals surface area contributed by atoms with E-state index in [0.29, 0.717) is 11.6 Å². The molecule has 2 aromatic carbocycles. The highest BCUT2D eigenvalue weighted by Gasteiger charge is 2.21. The minimum atomic E-state index is -3.65. The van der Waals surface area contributed by atoms with E-state index >= 15 is 0 Å². The Balaban J connectivity index is 1.76. The molecule has 3 aromatic rings. The average molecular weight is 431 g/mol. The molecule has 2 N–H and O–H groups in total. The Morgan fingerprint density at radius 2 is 1.87 bits per heavy atom. The zero-order valence-electron chi connectivity index (χ0n) is 16.5. The van der Waals surface area contributed by atoms with Gasteiger partial charge in [-0.3, -0.25) is 0 Å².